The van der Waals surface area contributed by atoms with Gasteiger partial charge in [-0.1, -0.05) is 25.4 Å². The number of aromatic nitrogens is 2. The van der Waals surface area contributed by atoms with E-state index in [2.05, 4.69) is 29.1 Å². The van der Waals surface area contributed by atoms with E-state index < -0.39 is 0 Å². The second kappa shape index (κ2) is 7.22. The Bertz CT molecular complexity index is 558. The molecule has 1 aromatic carbocycles. The van der Waals surface area contributed by atoms with Gasteiger partial charge in [-0.25, -0.2) is 4.98 Å². The third kappa shape index (κ3) is 3.92. The van der Waals surface area contributed by atoms with Gasteiger partial charge in [0.2, 0.25) is 5.88 Å². The number of hydrogen-bond donors (Lipinski definition) is 1. The lowest BCUT2D eigenvalue weighted by molar-refractivity contribution is 0.458. The highest BCUT2D eigenvalue weighted by Gasteiger charge is 2.04. The van der Waals surface area contributed by atoms with Crippen LogP contribution >= 0.6 is 11.6 Å². The van der Waals surface area contributed by atoms with Gasteiger partial charge in [-0.3, -0.25) is 4.98 Å². The number of halogens is 1. The minimum Gasteiger partial charge on any atom is -0.437 e. The molecule has 0 atom stereocenters. The Morgan fingerprint density at radius 3 is 2.70 bits per heavy atom. The van der Waals surface area contributed by atoms with Crippen molar-refractivity contribution in [2.24, 2.45) is 0 Å². The number of rotatable bonds is 6. The lowest BCUT2D eigenvalue weighted by Gasteiger charge is -2.08. The monoisotopic (exact) mass is 291 g/mol. The molecule has 0 radical (unpaired) electrons. The molecule has 5 heteroatoms. The number of aryl methyl sites for hydroxylation is 1. The van der Waals surface area contributed by atoms with Crippen molar-refractivity contribution in [3.8, 4) is 11.6 Å². The van der Waals surface area contributed by atoms with E-state index in [1.807, 2.05) is 18.2 Å². The standard InChI is InChI=1S/C15H18ClN3O/c1-3-11-7-13(5-6-14(11)16)20-15-10-18-12(9-19-15)8-17-4-2/h5-7,9-10,17H,3-4,8H2,1-2H3. The largest absolute Gasteiger partial charge is 0.437 e. The molecular formula is C15H18ClN3O. The zero-order valence-corrected chi connectivity index (χ0v) is 12.4. The van der Waals surface area contributed by atoms with Crippen LogP contribution in [0.25, 0.3) is 0 Å². The van der Waals surface area contributed by atoms with E-state index >= 15 is 0 Å². The molecule has 0 saturated heterocycles. The number of benzene rings is 1. The summed E-state index contributed by atoms with van der Waals surface area (Å²) in [5, 5.41) is 3.95. The van der Waals surface area contributed by atoms with Crippen molar-refractivity contribution >= 4 is 11.6 Å². The van der Waals surface area contributed by atoms with Crippen molar-refractivity contribution in [2.45, 2.75) is 26.8 Å². The van der Waals surface area contributed by atoms with Crippen molar-refractivity contribution in [2.75, 3.05) is 6.54 Å². The van der Waals surface area contributed by atoms with Crippen LogP contribution in [0.4, 0.5) is 0 Å². The molecule has 0 saturated carbocycles. The fraction of sp³-hybridized carbons (Fsp3) is 0.333. The lowest BCUT2D eigenvalue weighted by Crippen LogP contribution is -2.13. The highest BCUT2D eigenvalue weighted by atomic mass is 35.5. The van der Waals surface area contributed by atoms with Crippen molar-refractivity contribution < 1.29 is 4.74 Å². The smallest absolute Gasteiger partial charge is 0.237 e. The quantitative estimate of drug-likeness (QED) is 0.883. The van der Waals surface area contributed by atoms with Crippen molar-refractivity contribution in [3.63, 3.8) is 0 Å². The van der Waals surface area contributed by atoms with Crippen molar-refractivity contribution in [1.29, 1.82) is 0 Å². The SMILES string of the molecule is CCNCc1cnc(Oc2ccc(Cl)c(CC)c2)cn1. The number of ether oxygens (including phenoxy) is 1. The van der Waals surface area contributed by atoms with Crippen LogP contribution in [-0.2, 0) is 13.0 Å². The van der Waals surface area contributed by atoms with Crippen LogP contribution in [0, 0.1) is 0 Å². The number of nitrogens with one attached hydrogen (secondary N) is 1. The second-order valence-electron chi connectivity index (χ2n) is 4.34. The Balaban J connectivity index is 2.06. The Labute approximate surface area is 124 Å². The molecule has 0 bridgehead atoms. The average Bonchev–Trinajstić information content (AvgIpc) is 2.48. The molecule has 20 heavy (non-hydrogen) atoms. The first-order chi connectivity index (χ1) is 9.72. The van der Waals surface area contributed by atoms with Gasteiger partial charge < -0.3 is 10.1 Å². The summed E-state index contributed by atoms with van der Waals surface area (Å²) >= 11 is 6.08. The summed E-state index contributed by atoms with van der Waals surface area (Å²) in [5.74, 6) is 1.20. The molecule has 1 heterocycles. The summed E-state index contributed by atoms with van der Waals surface area (Å²) in [6, 6.07) is 5.59. The van der Waals surface area contributed by atoms with E-state index in [0.717, 1.165) is 35.0 Å². The fourth-order valence-corrected chi connectivity index (χ4v) is 2.00. The molecule has 0 aliphatic heterocycles. The maximum atomic E-state index is 6.08. The maximum Gasteiger partial charge on any atom is 0.237 e. The summed E-state index contributed by atoms with van der Waals surface area (Å²) in [5.41, 5.74) is 1.95. The van der Waals surface area contributed by atoms with Gasteiger partial charge >= 0.3 is 0 Å². The molecule has 0 amide bonds. The van der Waals surface area contributed by atoms with Crippen LogP contribution in [0.2, 0.25) is 5.02 Å². The molecule has 0 unspecified atom stereocenters. The predicted molar refractivity (Wildman–Crippen MR) is 80.3 cm³/mol. The van der Waals surface area contributed by atoms with Crippen molar-refractivity contribution in [3.05, 3.63) is 46.9 Å². The number of nitrogens with zero attached hydrogens (tertiary/aromatic N) is 2. The minimum atomic E-state index is 0.481. The fourth-order valence-electron chi connectivity index (χ4n) is 1.75. The van der Waals surface area contributed by atoms with Crippen LogP contribution in [0.1, 0.15) is 25.1 Å². The van der Waals surface area contributed by atoms with E-state index in [9.17, 15) is 0 Å². The van der Waals surface area contributed by atoms with Gasteiger partial charge in [-0.15, -0.1) is 0 Å². The summed E-state index contributed by atoms with van der Waals surface area (Å²) < 4.78 is 5.68. The first-order valence-corrected chi connectivity index (χ1v) is 7.08. The predicted octanol–water partition coefficient (Wildman–Crippen LogP) is 3.59. The topological polar surface area (TPSA) is 47.0 Å². The van der Waals surface area contributed by atoms with Crippen LogP contribution in [0.3, 0.4) is 0 Å². The van der Waals surface area contributed by atoms with Gasteiger partial charge in [0, 0.05) is 11.6 Å². The Kier molecular flexibility index (Phi) is 5.32. The molecule has 1 aromatic heterocycles. The van der Waals surface area contributed by atoms with Gasteiger partial charge in [0.05, 0.1) is 18.1 Å². The molecule has 0 fully saturated rings. The van der Waals surface area contributed by atoms with Gasteiger partial charge in [-0.2, -0.15) is 0 Å². The van der Waals surface area contributed by atoms with E-state index in [0.29, 0.717) is 12.4 Å². The van der Waals surface area contributed by atoms with Crippen LogP contribution in [0.5, 0.6) is 11.6 Å². The zero-order valence-electron chi connectivity index (χ0n) is 11.7. The summed E-state index contributed by atoms with van der Waals surface area (Å²) in [7, 11) is 0. The zero-order chi connectivity index (χ0) is 14.4. The first kappa shape index (κ1) is 14.8. The molecule has 0 aliphatic rings. The molecule has 0 aliphatic carbocycles. The highest BCUT2D eigenvalue weighted by molar-refractivity contribution is 6.31. The van der Waals surface area contributed by atoms with Crippen LogP contribution < -0.4 is 10.1 Å². The van der Waals surface area contributed by atoms with Gasteiger partial charge in [-0.05, 0) is 36.7 Å². The minimum absolute atomic E-state index is 0.481. The first-order valence-electron chi connectivity index (χ1n) is 6.70. The van der Waals surface area contributed by atoms with Gasteiger partial charge in [0.15, 0.2) is 0 Å². The Morgan fingerprint density at radius 1 is 1.20 bits per heavy atom. The van der Waals surface area contributed by atoms with Crippen LogP contribution in [-0.4, -0.2) is 16.5 Å². The molecule has 2 aromatic rings. The summed E-state index contributed by atoms with van der Waals surface area (Å²) in [6.45, 7) is 5.73. The second-order valence-corrected chi connectivity index (χ2v) is 4.74. The molecule has 2 rings (SSSR count). The Hall–Kier alpha value is -1.65. The third-order valence-electron chi connectivity index (χ3n) is 2.86. The normalized spacial score (nSPS) is 10.6. The molecule has 0 spiro atoms. The average molecular weight is 292 g/mol. The Morgan fingerprint density at radius 2 is 2.05 bits per heavy atom. The van der Waals surface area contributed by atoms with Gasteiger partial charge in [0.1, 0.15) is 5.75 Å². The van der Waals surface area contributed by atoms with Crippen LogP contribution in [0.15, 0.2) is 30.6 Å². The summed E-state index contributed by atoms with van der Waals surface area (Å²) in [4.78, 5) is 8.54. The van der Waals surface area contributed by atoms with E-state index in [1.165, 1.54) is 0 Å². The maximum absolute atomic E-state index is 6.08. The molecule has 106 valence electrons. The van der Waals surface area contributed by atoms with E-state index in [1.54, 1.807) is 12.4 Å². The number of hydrogen-bond acceptors (Lipinski definition) is 4. The third-order valence-corrected chi connectivity index (χ3v) is 3.23. The highest BCUT2D eigenvalue weighted by Crippen LogP contribution is 2.25. The van der Waals surface area contributed by atoms with Crippen molar-refractivity contribution in [1.82, 2.24) is 15.3 Å². The van der Waals surface area contributed by atoms with Gasteiger partial charge in [0.25, 0.3) is 0 Å². The molecule has 4 nitrogen and oxygen atoms in total. The van der Waals surface area contributed by atoms with E-state index in [-0.39, 0.29) is 0 Å². The lowest BCUT2D eigenvalue weighted by atomic mass is 10.1. The molecule has 1 N–H and O–H groups in total. The molecular weight excluding hydrogens is 274 g/mol. The summed E-state index contributed by atoms with van der Waals surface area (Å²) in [6.07, 6.45) is 4.21. The van der Waals surface area contributed by atoms with E-state index in [4.69, 9.17) is 16.3 Å².